The highest BCUT2D eigenvalue weighted by Gasteiger charge is 2.13. The van der Waals surface area contributed by atoms with Crippen molar-refractivity contribution >= 4 is 16.9 Å². The van der Waals surface area contributed by atoms with E-state index in [2.05, 4.69) is 47.1 Å². The molecule has 0 unspecified atom stereocenters. The van der Waals surface area contributed by atoms with Gasteiger partial charge in [-0.3, -0.25) is 4.79 Å². The van der Waals surface area contributed by atoms with Gasteiger partial charge in [0.15, 0.2) is 6.61 Å². The number of carbonyl (C=O) groups excluding carboxylic acids is 1. The molecule has 0 aliphatic heterocycles. The van der Waals surface area contributed by atoms with E-state index in [0.717, 1.165) is 33.7 Å². The molecule has 0 atom stereocenters. The second kappa shape index (κ2) is 9.04. The van der Waals surface area contributed by atoms with Gasteiger partial charge in [-0.1, -0.05) is 54.1 Å². The molecule has 4 aromatic rings. The van der Waals surface area contributed by atoms with E-state index in [1.54, 1.807) is 0 Å². The van der Waals surface area contributed by atoms with Gasteiger partial charge < -0.3 is 14.6 Å². The number of aromatic nitrogens is 2. The Labute approximate surface area is 182 Å². The molecule has 4 rings (SSSR count). The molecule has 0 bridgehead atoms. The van der Waals surface area contributed by atoms with Gasteiger partial charge in [-0.2, -0.15) is 0 Å². The number of amides is 1. The summed E-state index contributed by atoms with van der Waals surface area (Å²) in [6.07, 6.45) is 0. The highest BCUT2D eigenvalue weighted by atomic mass is 16.5. The lowest BCUT2D eigenvalue weighted by atomic mass is 10.1. The number of aryl methyl sites for hydroxylation is 3. The Morgan fingerprint density at radius 1 is 0.968 bits per heavy atom. The summed E-state index contributed by atoms with van der Waals surface area (Å²) in [5, 5.41) is 2.95. The van der Waals surface area contributed by atoms with Crippen LogP contribution < -0.4 is 10.1 Å². The molecular weight excluding hydrogens is 386 g/mol. The van der Waals surface area contributed by atoms with Crippen LogP contribution in [0.4, 0.5) is 0 Å². The Kier molecular flexibility index (Phi) is 6.03. The van der Waals surface area contributed by atoms with Crippen molar-refractivity contribution in [2.75, 3.05) is 6.61 Å². The molecule has 0 saturated carbocycles. The number of fused-ring (bicyclic) bond motifs is 1. The van der Waals surface area contributed by atoms with Crippen LogP contribution in [0.1, 0.15) is 28.1 Å². The van der Waals surface area contributed by atoms with Crippen LogP contribution in [0.3, 0.4) is 0 Å². The molecule has 158 valence electrons. The summed E-state index contributed by atoms with van der Waals surface area (Å²) < 4.78 is 7.88. The van der Waals surface area contributed by atoms with Crippen molar-refractivity contribution in [3.8, 4) is 5.75 Å². The Balaban J connectivity index is 1.47. The van der Waals surface area contributed by atoms with Crippen LogP contribution in [-0.2, 0) is 17.9 Å². The highest BCUT2D eigenvalue weighted by molar-refractivity contribution is 5.78. The average molecular weight is 414 g/mol. The molecule has 31 heavy (non-hydrogen) atoms. The van der Waals surface area contributed by atoms with Crippen LogP contribution >= 0.6 is 0 Å². The summed E-state index contributed by atoms with van der Waals surface area (Å²) >= 11 is 0. The number of para-hydroxylation sites is 2. The Hall–Kier alpha value is -3.60. The van der Waals surface area contributed by atoms with Crippen LogP contribution in [0.25, 0.3) is 11.0 Å². The van der Waals surface area contributed by atoms with Gasteiger partial charge in [-0.05, 0) is 55.7 Å². The summed E-state index contributed by atoms with van der Waals surface area (Å²) in [6.45, 7) is 7.08. The van der Waals surface area contributed by atoms with Crippen molar-refractivity contribution in [2.45, 2.75) is 33.9 Å². The van der Waals surface area contributed by atoms with Crippen molar-refractivity contribution in [2.24, 2.45) is 0 Å². The first kappa shape index (κ1) is 20.7. The number of imidazole rings is 1. The van der Waals surface area contributed by atoms with Gasteiger partial charge in [-0.15, -0.1) is 0 Å². The molecule has 1 heterocycles. The maximum absolute atomic E-state index is 12.4. The van der Waals surface area contributed by atoms with Crippen LogP contribution in [-0.4, -0.2) is 22.1 Å². The number of rotatable bonds is 7. The molecule has 0 aliphatic carbocycles. The van der Waals surface area contributed by atoms with E-state index < -0.39 is 0 Å². The van der Waals surface area contributed by atoms with E-state index in [-0.39, 0.29) is 12.5 Å². The number of hydrogen-bond donors (Lipinski definition) is 1. The van der Waals surface area contributed by atoms with Gasteiger partial charge in [0.05, 0.1) is 17.6 Å². The first-order chi connectivity index (χ1) is 15.0. The average Bonchev–Trinajstić information content (AvgIpc) is 3.12. The largest absolute Gasteiger partial charge is 0.483 e. The second-order valence-corrected chi connectivity index (χ2v) is 7.92. The quantitative estimate of drug-likeness (QED) is 0.478. The molecule has 0 radical (unpaired) electrons. The summed E-state index contributed by atoms with van der Waals surface area (Å²) in [6, 6.07) is 22.5. The zero-order valence-electron chi connectivity index (χ0n) is 18.2. The predicted octanol–water partition coefficient (Wildman–Crippen LogP) is 4.71. The molecule has 5 heteroatoms. The fraction of sp³-hybridized carbons (Fsp3) is 0.231. The number of nitrogens with one attached hydrogen (secondary N) is 1. The van der Waals surface area contributed by atoms with E-state index in [1.165, 1.54) is 11.1 Å². The normalized spacial score (nSPS) is 10.9. The second-order valence-electron chi connectivity index (χ2n) is 7.92. The Morgan fingerprint density at radius 3 is 2.52 bits per heavy atom. The zero-order chi connectivity index (χ0) is 21.8. The molecule has 0 spiro atoms. The van der Waals surface area contributed by atoms with Gasteiger partial charge >= 0.3 is 0 Å². The summed E-state index contributed by atoms with van der Waals surface area (Å²) in [5.41, 5.74) is 6.52. The molecule has 0 fully saturated rings. The standard InChI is InChI=1S/C26H27N3O2/c1-18-9-12-21(13-10-18)16-29-23-7-5-4-6-22(23)28-25(29)15-27-26(30)17-31-24-14-19(2)8-11-20(24)3/h4-14H,15-17H2,1-3H3,(H,27,30). The van der Waals surface area contributed by atoms with Gasteiger partial charge in [-0.25, -0.2) is 4.98 Å². The monoisotopic (exact) mass is 413 g/mol. The smallest absolute Gasteiger partial charge is 0.258 e. The van der Waals surface area contributed by atoms with E-state index in [9.17, 15) is 4.79 Å². The predicted molar refractivity (Wildman–Crippen MR) is 123 cm³/mol. The van der Waals surface area contributed by atoms with Crippen LogP contribution in [0, 0.1) is 20.8 Å². The van der Waals surface area contributed by atoms with Crippen molar-refractivity contribution in [3.05, 3.63) is 94.8 Å². The van der Waals surface area contributed by atoms with Crippen LogP contribution in [0.15, 0.2) is 66.7 Å². The van der Waals surface area contributed by atoms with Gasteiger partial charge in [0.25, 0.3) is 5.91 Å². The van der Waals surface area contributed by atoms with Gasteiger partial charge in [0.2, 0.25) is 0 Å². The minimum absolute atomic E-state index is 0.0253. The first-order valence-electron chi connectivity index (χ1n) is 10.5. The van der Waals surface area contributed by atoms with Crippen LogP contribution in [0.2, 0.25) is 0 Å². The highest BCUT2D eigenvalue weighted by Crippen LogP contribution is 2.20. The summed E-state index contributed by atoms with van der Waals surface area (Å²) in [4.78, 5) is 17.2. The minimum atomic E-state index is -0.171. The number of hydrogen-bond acceptors (Lipinski definition) is 3. The molecule has 1 N–H and O–H groups in total. The van der Waals surface area contributed by atoms with Crippen molar-refractivity contribution in [1.29, 1.82) is 0 Å². The molecule has 0 aliphatic rings. The van der Waals surface area contributed by atoms with Crippen molar-refractivity contribution in [3.63, 3.8) is 0 Å². The molecule has 5 nitrogen and oxygen atoms in total. The lowest BCUT2D eigenvalue weighted by Crippen LogP contribution is -2.29. The minimum Gasteiger partial charge on any atom is -0.483 e. The number of carbonyl (C=O) groups is 1. The topological polar surface area (TPSA) is 56.2 Å². The maximum atomic E-state index is 12.4. The molecule has 1 amide bonds. The number of benzene rings is 3. The number of ether oxygens (including phenoxy) is 1. The first-order valence-corrected chi connectivity index (χ1v) is 10.5. The van der Waals surface area contributed by atoms with Gasteiger partial charge in [0, 0.05) is 6.54 Å². The molecular formula is C26H27N3O2. The third kappa shape index (κ3) is 4.94. The van der Waals surface area contributed by atoms with E-state index in [0.29, 0.717) is 13.1 Å². The third-order valence-electron chi connectivity index (χ3n) is 5.34. The SMILES string of the molecule is Cc1ccc(Cn2c(CNC(=O)COc3cc(C)ccc3C)nc3ccccc32)cc1. The van der Waals surface area contributed by atoms with Crippen molar-refractivity contribution < 1.29 is 9.53 Å². The fourth-order valence-electron chi connectivity index (χ4n) is 3.55. The third-order valence-corrected chi connectivity index (χ3v) is 5.34. The molecule has 0 saturated heterocycles. The maximum Gasteiger partial charge on any atom is 0.258 e. The zero-order valence-corrected chi connectivity index (χ0v) is 18.2. The molecule has 1 aromatic heterocycles. The van der Waals surface area contributed by atoms with E-state index >= 15 is 0 Å². The lowest BCUT2D eigenvalue weighted by molar-refractivity contribution is -0.123. The van der Waals surface area contributed by atoms with E-state index in [4.69, 9.17) is 9.72 Å². The van der Waals surface area contributed by atoms with Gasteiger partial charge in [0.1, 0.15) is 11.6 Å². The summed E-state index contributed by atoms with van der Waals surface area (Å²) in [5.74, 6) is 1.39. The lowest BCUT2D eigenvalue weighted by Gasteiger charge is -2.12. The molecule has 3 aromatic carbocycles. The fourth-order valence-corrected chi connectivity index (χ4v) is 3.55. The summed E-state index contributed by atoms with van der Waals surface area (Å²) in [7, 11) is 0. The Morgan fingerprint density at radius 2 is 1.71 bits per heavy atom. The van der Waals surface area contributed by atoms with Crippen LogP contribution in [0.5, 0.6) is 5.75 Å². The number of nitrogens with zero attached hydrogens (tertiary/aromatic N) is 2. The Bertz CT molecular complexity index is 1210. The van der Waals surface area contributed by atoms with E-state index in [1.807, 2.05) is 50.2 Å². The van der Waals surface area contributed by atoms with Crippen molar-refractivity contribution in [1.82, 2.24) is 14.9 Å².